The lowest BCUT2D eigenvalue weighted by atomic mass is 10.1. The molecule has 0 atom stereocenters. The van der Waals surface area contributed by atoms with E-state index in [-0.39, 0.29) is 11.1 Å². The van der Waals surface area contributed by atoms with Crippen LogP contribution in [0.15, 0.2) is 59.7 Å². The summed E-state index contributed by atoms with van der Waals surface area (Å²) in [5, 5.41) is 4.45. The van der Waals surface area contributed by atoms with Gasteiger partial charge in [-0.25, -0.2) is 4.79 Å². The van der Waals surface area contributed by atoms with Gasteiger partial charge in [0.1, 0.15) is 11.3 Å². The lowest BCUT2D eigenvalue weighted by molar-refractivity contribution is 0.0600. The highest BCUT2D eigenvalue weighted by Crippen LogP contribution is 2.25. The van der Waals surface area contributed by atoms with Gasteiger partial charge in [-0.05, 0) is 61.7 Å². The van der Waals surface area contributed by atoms with E-state index in [4.69, 9.17) is 4.74 Å². The van der Waals surface area contributed by atoms with E-state index in [1.807, 2.05) is 57.2 Å². The van der Waals surface area contributed by atoms with E-state index in [1.165, 1.54) is 11.8 Å². The molecule has 2 aromatic rings. The van der Waals surface area contributed by atoms with Crippen LogP contribution in [0.4, 0.5) is 0 Å². The van der Waals surface area contributed by atoms with E-state index in [2.05, 4.69) is 11.2 Å². The molecule has 4 rings (SSSR count). The number of aromatic nitrogens is 3. The Hall–Kier alpha value is -3.67. The summed E-state index contributed by atoms with van der Waals surface area (Å²) in [5.41, 5.74) is 5.34. The number of carbonyl (C=O) groups excluding carboxylic acids is 1. The molecule has 0 saturated heterocycles. The van der Waals surface area contributed by atoms with Crippen molar-refractivity contribution in [3.05, 3.63) is 87.5 Å². The van der Waals surface area contributed by atoms with Gasteiger partial charge in [-0.1, -0.05) is 18.2 Å². The van der Waals surface area contributed by atoms with Gasteiger partial charge in [-0.2, -0.15) is 9.78 Å². The van der Waals surface area contributed by atoms with Crippen LogP contribution in [0.25, 0.3) is 22.6 Å². The molecule has 0 radical (unpaired) electrons. The van der Waals surface area contributed by atoms with Crippen molar-refractivity contribution in [1.29, 1.82) is 0 Å². The second-order valence-electron chi connectivity index (χ2n) is 7.23. The van der Waals surface area contributed by atoms with Gasteiger partial charge in [0.05, 0.1) is 18.4 Å². The van der Waals surface area contributed by atoms with Crippen molar-refractivity contribution in [2.24, 2.45) is 0 Å². The number of hydrogen-bond acceptors (Lipinski definition) is 4. The predicted octanol–water partition coefficient (Wildman–Crippen LogP) is 3.84. The first-order chi connectivity index (χ1) is 13.9. The topological polar surface area (TPSA) is 66.1 Å². The average molecular weight is 387 g/mol. The van der Waals surface area contributed by atoms with Crippen molar-refractivity contribution in [2.45, 2.75) is 20.8 Å². The zero-order chi connectivity index (χ0) is 20.7. The summed E-state index contributed by atoms with van der Waals surface area (Å²) in [6.45, 7) is 5.96. The number of fused-ring (bicyclic) bond motifs is 1. The number of esters is 1. The maximum atomic E-state index is 13.2. The first-order valence-electron chi connectivity index (χ1n) is 9.26. The van der Waals surface area contributed by atoms with Crippen LogP contribution in [0.1, 0.15) is 27.0 Å². The molecule has 2 aromatic carbocycles. The minimum Gasteiger partial charge on any atom is -0.465 e. The zero-order valence-electron chi connectivity index (χ0n) is 16.8. The molecule has 0 amide bonds. The molecule has 0 unspecified atom stereocenters. The quantitative estimate of drug-likeness (QED) is 0.501. The third-order valence-corrected chi connectivity index (χ3v) is 4.83. The number of benzene rings is 2. The fourth-order valence-corrected chi connectivity index (χ4v) is 3.55. The summed E-state index contributed by atoms with van der Waals surface area (Å²) < 4.78 is 8.06. The lowest BCUT2D eigenvalue weighted by Gasteiger charge is -2.13. The Labute approximate surface area is 168 Å². The Morgan fingerprint density at radius 3 is 2.28 bits per heavy atom. The summed E-state index contributed by atoms with van der Waals surface area (Å²) in [5.74, 6) is -0.539. The highest BCUT2D eigenvalue weighted by Gasteiger charge is 2.25. The number of carbonyl (C=O) groups is 1. The van der Waals surface area contributed by atoms with Gasteiger partial charge in [0.15, 0.2) is 0 Å². The molecule has 2 aliphatic heterocycles. The molecule has 0 spiro atoms. The van der Waals surface area contributed by atoms with Crippen LogP contribution in [0.5, 0.6) is 0 Å². The minimum absolute atomic E-state index is 0.243. The van der Waals surface area contributed by atoms with Crippen LogP contribution in [-0.2, 0) is 4.74 Å². The zero-order valence-corrected chi connectivity index (χ0v) is 16.8. The van der Waals surface area contributed by atoms with Crippen molar-refractivity contribution < 1.29 is 9.53 Å². The monoisotopic (exact) mass is 387 g/mol. The standard InChI is InChI=1S/C23H21N3O3/c1-14-6-5-7-17(9-14)26-22(27)19-12-25(18-10-15(2)8-16(3)11-18)13-20(21(19)24-26)23(28)29-4/h5-13H,1-4H3. The summed E-state index contributed by atoms with van der Waals surface area (Å²) in [6.07, 6.45) is 3.38. The molecule has 0 aromatic heterocycles. The van der Waals surface area contributed by atoms with Crippen molar-refractivity contribution in [3.8, 4) is 22.6 Å². The summed E-state index contributed by atoms with van der Waals surface area (Å²) in [4.78, 5) is 25.6. The molecule has 6 nitrogen and oxygen atoms in total. The van der Waals surface area contributed by atoms with Crippen LogP contribution in [0.2, 0.25) is 0 Å². The van der Waals surface area contributed by atoms with E-state index < -0.39 is 5.97 Å². The number of rotatable bonds is 3. The largest absolute Gasteiger partial charge is 0.465 e. The molecule has 0 bridgehead atoms. The van der Waals surface area contributed by atoms with Crippen LogP contribution < -0.4 is 5.56 Å². The molecule has 29 heavy (non-hydrogen) atoms. The molecular formula is C23H21N3O3. The SMILES string of the molecule is COC(=O)c1cn(-c2cc(C)cc(C)c2)cc2c(=O)n(-c3cccc(C)c3)nc1-2. The van der Waals surface area contributed by atoms with Crippen molar-refractivity contribution in [1.82, 2.24) is 14.3 Å². The summed E-state index contributed by atoms with van der Waals surface area (Å²) >= 11 is 0. The highest BCUT2D eigenvalue weighted by molar-refractivity contribution is 5.96. The van der Waals surface area contributed by atoms with Crippen LogP contribution in [0, 0.1) is 20.8 Å². The van der Waals surface area contributed by atoms with E-state index in [0.717, 1.165) is 22.4 Å². The molecule has 0 fully saturated rings. The van der Waals surface area contributed by atoms with Gasteiger partial charge in [0.25, 0.3) is 5.56 Å². The Bertz CT molecular complexity index is 1250. The number of pyridine rings is 1. The van der Waals surface area contributed by atoms with Gasteiger partial charge in [-0.3, -0.25) is 4.79 Å². The van der Waals surface area contributed by atoms with Gasteiger partial charge in [0.2, 0.25) is 0 Å². The van der Waals surface area contributed by atoms with Crippen molar-refractivity contribution in [2.75, 3.05) is 7.11 Å². The molecule has 146 valence electrons. The second kappa shape index (κ2) is 7.05. The molecule has 6 heteroatoms. The smallest absolute Gasteiger partial charge is 0.341 e. The number of aryl methyl sites for hydroxylation is 3. The fourth-order valence-electron chi connectivity index (χ4n) is 3.55. The predicted molar refractivity (Wildman–Crippen MR) is 111 cm³/mol. The Balaban J connectivity index is 2.01. The van der Waals surface area contributed by atoms with Crippen molar-refractivity contribution >= 4 is 5.97 Å². The number of nitrogens with zero attached hydrogens (tertiary/aromatic N) is 3. The molecule has 0 N–H and O–H groups in total. The molecule has 2 aliphatic rings. The van der Waals surface area contributed by atoms with Gasteiger partial charge >= 0.3 is 5.97 Å². The van der Waals surface area contributed by atoms with Crippen LogP contribution >= 0.6 is 0 Å². The van der Waals surface area contributed by atoms with E-state index >= 15 is 0 Å². The third kappa shape index (κ3) is 3.33. The molecule has 0 saturated carbocycles. The van der Waals surface area contributed by atoms with Gasteiger partial charge in [-0.15, -0.1) is 0 Å². The molecular weight excluding hydrogens is 366 g/mol. The fraction of sp³-hybridized carbons (Fsp3) is 0.174. The third-order valence-electron chi connectivity index (χ3n) is 4.83. The normalized spacial score (nSPS) is 11.0. The summed E-state index contributed by atoms with van der Waals surface area (Å²) in [7, 11) is 1.32. The van der Waals surface area contributed by atoms with Gasteiger partial charge in [0, 0.05) is 18.1 Å². The maximum absolute atomic E-state index is 13.2. The van der Waals surface area contributed by atoms with Gasteiger partial charge < -0.3 is 9.30 Å². The number of methoxy groups -OCH3 is 1. The molecule has 0 aliphatic carbocycles. The minimum atomic E-state index is -0.539. The Morgan fingerprint density at radius 2 is 1.62 bits per heavy atom. The lowest BCUT2D eigenvalue weighted by Crippen LogP contribution is -2.15. The summed E-state index contributed by atoms with van der Waals surface area (Å²) in [6, 6.07) is 13.6. The number of ether oxygens (including phenoxy) is 1. The van der Waals surface area contributed by atoms with E-state index in [1.54, 1.807) is 17.0 Å². The highest BCUT2D eigenvalue weighted by atomic mass is 16.5. The van der Waals surface area contributed by atoms with Crippen molar-refractivity contribution in [3.63, 3.8) is 0 Å². The second-order valence-corrected chi connectivity index (χ2v) is 7.23. The average Bonchev–Trinajstić information content (AvgIpc) is 3.02. The molecule has 2 heterocycles. The first-order valence-corrected chi connectivity index (χ1v) is 9.26. The number of hydrogen-bond donors (Lipinski definition) is 0. The maximum Gasteiger partial charge on any atom is 0.341 e. The Morgan fingerprint density at radius 1 is 0.931 bits per heavy atom. The van der Waals surface area contributed by atoms with Crippen LogP contribution in [-0.4, -0.2) is 27.4 Å². The van der Waals surface area contributed by atoms with E-state index in [0.29, 0.717) is 16.9 Å². The van der Waals surface area contributed by atoms with E-state index in [9.17, 15) is 9.59 Å². The Kier molecular flexibility index (Phi) is 4.54. The first kappa shape index (κ1) is 18.7. The van der Waals surface area contributed by atoms with Crippen LogP contribution in [0.3, 0.4) is 0 Å².